The summed E-state index contributed by atoms with van der Waals surface area (Å²) in [4.78, 5) is 4.93. The Balaban J connectivity index is 1.56. The monoisotopic (exact) mass is 602 g/mol. The Morgan fingerprint density at radius 2 is 1.19 bits per heavy atom. The van der Waals surface area contributed by atoms with Crippen LogP contribution in [-0.4, -0.2) is 14.7 Å². The summed E-state index contributed by atoms with van der Waals surface area (Å²) in [5.74, 6) is -0.189. The molecule has 1 aromatic heterocycles. The number of benzene rings is 5. The van der Waals surface area contributed by atoms with Gasteiger partial charge in [-0.3, -0.25) is 0 Å². The van der Waals surface area contributed by atoms with E-state index in [-0.39, 0.29) is 5.92 Å². The van der Waals surface area contributed by atoms with Crippen LogP contribution in [0, 0.1) is 5.92 Å². The van der Waals surface area contributed by atoms with E-state index in [2.05, 4.69) is 77.4 Å². The first-order valence-electron chi connectivity index (χ1n) is 14.3. The molecule has 0 fully saturated rings. The smallest absolute Gasteiger partial charge is 0.135 e. The van der Waals surface area contributed by atoms with Gasteiger partial charge in [-0.25, -0.2) is 4.98 Å². The van der Waals surface area contributed by atoms with E-state index in [0.29, 0.717) is 15.7 Å². The van der Waals surface area contributed by atoms with Crippen molar-refractivity contribution in [1.82, 2.24) is 9.55 Å². The van der Waals surface area contributed by atoms with E-state index in [4.69, 9.17) is 28.2 Å². The fraction of sp³-hybridized carbons (Fsp3) is 0.132. The highest BCUT2D eigenvalue weighted by Gasteiger charge is 2.42. The van der Waals surface area contributed by atoms with Gasteiger partial charge in [0.1, 0.15) is 11.1 Å². The number of hydrogen-bond acceptors (Lipinski definition) is 2. The molecule has 3 nitrogen and oxygen atoms in total. The summed E-state index contributed by atoms with van der Waals surface area (Å²) < 4.78 is 2.13. The third-order valence-electron chi connectivity index (χ3n) is 8.32. The van der Waals surface area contributed by atoms with Crippen LogP contribution in [0.4, 0.5) is 0 Å². The number of nitrogens with zero attached hydrogens (tertiary/aromatic N) is 2. The number of imidazole rings is 1. The van der Waals surface area contributed by atoms with Crippen molar-refractivity contribution in [2.45, 2.75) is 25.0 Å². The molecule has 0 spiro atoms. The summed E-state index contributed by atoms with van der Waals surface area (Å²) in [6.45, 7) is 4.03. The fourth-order valence-corrected chi connectivity index (χ4v) is 6.63. The molecular formula is C38H32Cl2N2O. The van der Waals surface area contributed by atoms with Crippen LogP contribution in [0.2, 0.25) is 10.0 Å². The van der Waals surface area contributed by atoms with Crippen LogP contribution < -0.4 is 0 Å². The van der Waals surface area contributed by atoms with Crippen molar-refractivity contribution >= 4 is 23.2 Å². The molecule has 6 aromatic rings. The first kappa shape index (κ1) is 28.9. The summed E-state index contributed by atoms with van der Waals surface area (Å²) in [5.41, 5.74) is 4.19. The van der Waals surface area contributed by atoms with Crippen molar-refractivity contribution in [3.63, 3.8) is 0 Å². The highest BCUT2D eigenvalue weighted by atomic mass is 35.5. The van der Waals surface area contributed by atoms with Crippen LogP contribution in [-0.2, 0) is 11.1 Å². The first-order valence-corrected chi connectivity index (χ1v) is 15.1. The molecule has 43 heavy (non-hydrogen) atoms. The number of hydrogen-bond donors (Lipinski definition) is 1. The maximum absolute atomic E-state index is 12.6. The second kappa shape index (κ2) is 11.9. The van der Waals surface area contributed by atoms with Crippen molar-refractivity contribution in [3.8, 4) is 11.1 Å². The third-order valence-corrected chi connectivity index (χ3v) is 8.86. The van der Waals surface area contributed by atoms with E-state index in [0.717, 1.165) is 33.4 Å². The van der Waals surface area contributed by atoms with Gasteiger partial charge in [-0.1, -0.05) is 152 Å². The Hall–Kier alpha value is -4.15. The van der Waals surface area contributed by atoms with Crippen LogP contribution in [0.15, 0.2) is 146 Å². The molecule has 0 aliphatic heterocycles. The molecule has 1 heterocycles. The van der Waals surface area contributed by atoms with Gasteiger partial charge in [0.15, 0.2) is 0 Å². The van der Waals surface area contributed by atoms with Crippen molar-refractivity contribution in [2.24, 2.45) is 5.92 Å². The van der Waals surface area contributed by atoms with Gasteiger partial charge in [-0.2, -0.15) is 0 Å². The summed E-state index contributed by atoms with van der Waals surface area (Å²) >= 11 is 12.7. The lowest BCUT2D eigenvalue weighted by molar-refractivity contribution is 0.0278. The van der Waals surface area contributed by atoms with Gasteiger partial charge in [-0.05, 0) is 51.9 Å². The second-order valence-electron chi connectivity index (χ2n) is 11.1. The number of aromatic nitrogens is 2. The van der Waals surface area contributed by atoms with Crippen LogP contribution >= 0.6 is 23.2 Å². The molecule has 1 unspecified atom stereocenters. The molecule has 6 rings (SSSR count). The SMILES string of the molecule is CC(C)C(O)(c1cccc(-c2ccc(Cl)cc2Cl)c1)c1cn(C(c2ccccc2)(c2ccccc2)c2ccccc2)cn1. The zero-order valence-electron chi connectivity index (χ0n) is 24.0. The Labute approximate surface area is 263 Å². The summed E-state index contributed by atoms with van der Waals surface area (Å²) in [6, 6.07) is 44.7. The maximum Gasteiger partial charge on any atom is 0.135 e. The van der Waals surface area contributed by atoms with Crippen molar-refractivity contribution in [1.29, 1.82) is 0 Å². The van der Waals surface area contributed by atoms with E-state index in [1.54, 1.807) is 6.07 Å². The molecule has 1 atom stereocenters. The zero-order chi connectivity index (χ0) is 30.0. The highest BCUT2D eigenvalue weighted by molar-refractivity contribution is 6.36. The van der Waals surface area contributed by atoms with E-state index >= 15 is 0 Å². The molecule has 0 aliphatic rings. The first-order chi connectivity index (χ1) is 20.8. The molecule has 0 bridgehead atoms. The summed E-state index contributed by atoms with van der Waals surface area (Å²) in [7, 11) is 0. The highest BCUT2D eigenvalue weighted by Crippen LogP contribution is 2.43. The minimum atomic E-state index is -1.38. The van der Waals surface area contributed by atoms with E-state index in [1.807, 2.05) is 81.0 Å². The minimum Gasteiger partial charge on any atom is -0.378 e. The number of halogens is 2. The quantitative estimate of drug-likeness (QED) is 0.176. The van der Waals surface area contributed by atoms with E-state index in [9.17, 15) is 5.11 Å². The molecule has 0 amide bonds. The van der Waals surface area contributed by atoms with Crippen molar-refractivity contribution in [2.75, 3.05) is 0 Å². The minimum absolute atomic E-state index is 0.189. The van der Waals surface area contributed by atoms with Gasteiger partial charge >= 0.3 is 0 Å². The molecule has 5 aromatic carbocycles. The Bertz CT molecular complexity index is 1740. The molecule has 0 saturated heterocycles. The Kier molecular flexibility index (Phi) is 7.98. The van der Waals surface area contributed by atoms with Gasteiger partial charge in [0.05, 0.1) is 12.0 Å². The summed E-state index contributed by atoms with van der Waals surface area (Å²) in [6.07, 6.45) is 3.84. The van der Waals surface area contributed by atoms with Crippen LogP contribution in [0.3, 0.4) is 0 Å². The van der Waals surface area contributed by atoms with Gasteiger partial charge in [0.2, 0.25) is 0 Å². The Morgan fingerprint density at radius 1 is 0.651 bits per heavy atom. The van der Waals surface area contributed by atoms with Crippen LogP contribution in [0.25, 0.3) is 11.1 Å². The molecule has 214 valence electrons. The molecule has 0 saturated carbocycles. The summed E-state index contributed by atoms with van der Waals surface area (Å²) in [5, 5.41) is 13.7. The fourth-order valence-electron chi connectivity index (χ4n) is 6.11. The largest absolute Gasteiger partial charge is 0.378 e. The van der Waals surface area contributed by atoms with Gasteiger partial charge < -0.3 is 9.67 Å². The lowest BCUT2D eigenvalue weighted by Crippen LogP contribution is -2.37. The molecule has 0 radical (unpaired) electrons. The van der Waals surface area contributed by atoms with Crippen LogP contribution in [0.5, 0.6) is 0 Å². The van der Waals surface area contributed by atoms with Crippen molar-refractivity contribution < 1.29 is 5.11 Å². The topological polar surface area (TPSA) is 38.0 Å². The van der Waals surface area contributed by atoms with Crippen molar-refractivity contribution in [3.05, 3.63) is 184 Å². The molecule has 1 N–H and O–H groups in total. The number of aliphatic hydroxyl groups is 1. The average Bonchev–Trinajstić information content (AvgIpc) is 3.54. The predicted molar refractivity (Wildman–Crippen MR) is 177 cm³/mol. The number of rotatable bonds is 8. The van der Waals surface area contributed by atoms with E-state index < -0.39 is 11.1 Å². The second-order valence-corrected chi connectivity index (χ2v) is 11.9. The normalized spacial score (nSPS) is 13.2. The molecular weight excluding hydrogens is 571 g/mol. The van der Waals surface area contributed by atoms with E-state index in [1.165, 1.54) is 0 Å². The molecule has 5 heteroatoms. The molecule has 0 aliphatic carbocycles. The lowest BCUT2D eigenvalue weighted by atomic mass is 9.76. The van der Waals surface area contributed by atoms with Gasteiger partial charge in [0.25, 0.3) is 0 Å². The predicted octanol–water partition coefficient (Wildman–Crippen LogP) is 9.59. The maximum atomic E-state index is 12.6. The lowest BCUT2D eigenvalue weighted by Gasteiger charge is -2.37. The third kappa shape index (κ3) is 5.08. The zero-order valence-corrected chi connectivity index (χ0v) is 25.5. The van der Waals surface area contributed by atoms with Gasteiger partial charge in [0, 0.05) is 21.8 Å². The van der Waals surface area contributed by atoms with Crippen LogP contribution in [0.1, 0.15) is 41.8 Å². The Morgan fingerprint density at radius 3 is 1.70 bits per heavy atom. The average molecular weight is 604 g/mol. The standard InChI is InChI=1S/C38H32Cl2N2O/c1-27(2)38(43,32-20-12-13-28(23-32)34-22-21-33(39)24-35(34)40)36-25-42(26-41-36)37(29-14-6-3-7-15-29,30-16-8-4-9-17-30)31-18-10-5-11-19-31/h3-27,43H,1-2H3. The van der Waals surface area contributed by atoms with Gasteiger partial charge in [-0.15, -0.1) is 0 Å².